The second-order valence-corrected chi connectivity index (χ2v) is 4.92. The largest absolute Gasteiger partial charge is 0.399 e. The molecule has 2 aromatic rings. The van der Waals surface area contributed by atoms with Gasteiger partial charge in [0.2, 0.25) is 5.91 Å². The number of nitrogens with zero attached hydrogens (tertiary/aromatic N) is 3. The lowest BCUT2D eigenvalue weighted by Gasteiger charge is -2.26. The van der Waals surface area contributed by atoms with Gasteiger partial charge in [0.15, 0.2) is 0 Å². The standard InChI is InChI=1S/C14H17N5O/c15-11-1-3-12(4-2-11)17-14(20)10-18-7-8-19-6-5-16-13(19)9-18/h1-6H,7-10,15H2,(H,17,20). The van der Waals surface area contributed by atoms with Crippen molar-refractivity contribution in [2.75, 3.05) is 24.1 Å². The predicted octanol–water partition coefficient (Wildman–Crippen LogP) is 0.920. The number of nitrogen functional groups attached to an aromatic ring is 1. The summed E-state index contributed by atoms with van der Waals surface area (Å²) in [6, 6.07) is 7.15. The van der Waals surface area contributed by atoms with Crippen LogP contribution < -0.4 is 11.1 Å². The smallest absolute Gasteiger partial charge is 0.238 e. The molecule has 1 aliphatic rings. The van der Waals surface area contributed by atoms with Crippen molar-refractivity contribution in [3.63, 3.8) is 0 Å². The number of hydrogen-bond acceptors (Lipinski definition) is 4. The van der Waals surface area contributed by atoms with Crippen molar-refractivity contribution in [3.8, 4) is 0 Å². The molecule has 0 atom stereocenters. The van der Waals surface area contributed by atoms with E-state index < -0.39 is 0 Å². The molecule has 6 heteroatoms. The van der Waals surface area contributed by atoms with Gasteiger partial charge in [-0.1, -0.05) is 0 Å². The van der Waals surface area contributed by atoms with Crippen LogP contribution >= 0.6 is 0 Å². The zero-order valence-corrected chi connectivity index (χ0v) is 11.1. The average molecular weight is 271 g/mol. The molecule has 0 bridgehead atoms. The molecule has 2 heterocycles. The van der Waals surface area contributed by atoms with Gasteiger partial charge in [-0.2, -0.15) is 0 Å². The summed E-state index contributed by atoms with van der Waals surface area (Å²) in [5.74, 6) is 0.992. The topological polar surface area (TPSA) is 76.2 Å². The molecule has 3 N–H and O–H groups in total. The molecule has 1 amide bonds. The minimum atomic E-state index is -0.0187. The Morgan fingerprint density at radius 3 is 2.90 bits per heavy atom. The molecule has 20 heavy (non-hydrogen) atoms. The van der Waals surface area contributed by atoms with E-state index in [9.17, 15) is 4.79 Å². The molecule has 104 valence electrons. The maximum absolute atomic E-state index is 12.0. The first-order valence-electron chi connectivity index (χ1n) is 6.58. The molecule has 0 saturated carbocycles. The first-order valence-corrected chi connectivity index (χ1v) is 6.58. The van der Waals surface area contributed by atoms with Gasteiger partial charge in [0.05, 0.1) is 13.1 Å². The lowest BCUT2D eigenvalue weighted by Crippen LogP contribution is -2.39. The summed E-state index contributed by atoms with van der Waals surface area (Å²) in [4.78, 5) is 18.4. The first-order chi connectivity index (χ1) is 9.70. The van der Waals surface area contributed by atoms with Crippen molar-refractivity contribution in [1.82, 2.24) is 14.5 Å². The molecule has 0 aliphatic carbocycles. The summed E-state index contributed by atoms with van der Waals surface area (Å²) in [6.45, 7) is 2.82. The minimum absolute atomic E-state index is 0.0187. The number of nitrogens with one attached hydrogen (secondary N) is 1. The van der Waals surface area contributed by atoms with Crippen LogP contribution in [0.25, 0.3) is 0 Å². The predicted molar refractivity (Wildman–Crippen MR) is 77.0 cm³/mol. The van der Waals surface area contributed by atoms with Crippen LogP contribution in [0.1, 0.15) is 5.82 Å². The van der Waals surface area contributed by atoms with Crippen molar-refractivity contribution in [3.05, 3.63) is 42.5 Å². The number of anilines is 2. The summed E-state index contributed by atoms with van der Waals surface area (Å²) in [6.07, 6.45) is 3.77. The van der Waals surface area contributed by atoms with Crippen molar-refractivity contribution in [1.29, 1.82) is 0 Å². The fourth-order valence-corrected chi connectivity index (χ4v) is 2.33. The van der Waals surface area contributed by atoms with E-state index in [0.29, 0.717) is 18.8 Å². The third kappa shape index (κ3) is 2.80. The van der Waals surface area contributed by atoms with Gasteiger partial charge >= 0.3 is 0 Å². The Morgan fingerprint density at radius 1 is 1.30 bits per heavy atom. The number of imidazole rings is 1. The highest BCUT2D eigenvalue weighted by Crippen LogP contribution is 2.12. The van der Waals surface area contributed by atoms with Crippen LogP contribution in [0, 0.1) is 0 Å². The van der Waals surface area contributed by atoms with Crippen LogP contribution in [0.4, 0.5) is 11.4 Å². The summed E-state index contributed by atoms with van der Waals surface area (Å²) in [7, 11) is 0. The van der Waals surface area contributed by atoms with E-state index >= 15 is 0 Å². The summed E-state index contributed by atoms with van der Waals surface area (Å²) >= 11 is 0. The number of carbonyl (C=O) groups is 1. The second kappa shape index (κ2) is 5.34. The molecular weight excluding hydrogens is 254 g/mol. The van der Waals surface area contributed by atoms with Crippen LogP contribution in [0.2, 0.25) is 0 Å². The number of carbonyl (C=O) groups excluding carboxylic acids is 1. The van der Waals surface area contributed by atoms with Gasteiger partial charge in [-0.3, -0.25) is 9.69 Å². The molecule has 1 aromatic carbocycles. The average Bonchev–Trinajstić information content (AvgIpc) is 2.89. The van der Waals surface area contributed by atoms with Crippen LogP contribution in [0.3, 0.4) is 0 Å². The van der Waals surface area contributed by atoms with E-state index in [1.807, 2.05) is 6.20 Å². The molecule has 0 radical (unpaired) electrons. The molecule has 0 unspecified atom stereocenters. The quantitative estimate of drug-likeness (QED) is 0.814. The van der Waals surface area contributed by atoms with Gasteiger partial charge in [0.25, 0.3) is 0 Å². The molecule has 6 nitrogen and oxygen atoms in total. The minimum Gasteiger partial charge on any atom is -0.399 e. The summed E-state index contributed by atoms with van der Waals surface area (Å²) < 4.78 is 2.12. The lowest BCUT2D eigenvalue weighted by molar-refractivity contribution is -0.117. The SMILES string of the molecule is Nc1ccc(NC(=O)CN2CCn3ccnc3C2)cc1. The zero-order valence-electron chi connectivity index (χ0n) is 11.1. The van der Waals surface area contributed by atoms with Crippen LogP contribution in [-0.4, -0.2) is 33.4 Å². The number of hydrogen-bond donors (Lipinski definition) is 2. The van der Waals surface area contributed by atoms with Crippen molar-refractivity contribution in [2.45, 2.75) is 13.1 Å². The highest BCUT2D eigenvalue weighted by atomic mass is 16.2. The van der Waals surface area contributed by atoms with Gasteiger partial charge in [-0.05, 0) is 24.3 Å². The molecule has 0 spiro atoms. The Kier molecular flexibility index (Phi) is 3.39. The number of amides is 1. The van der Waals surface area contributed by atoms with Crippen LogP contribution in [0.15, 0.2) is 36.7 Å². The maximum Gasteiger partial charge on any atom is 0.238 e. The Hall–Kier alpha value is -2.34. The Labute approximate surface area is 117 Å². The zero-order chi connectivity index (χ0) is 13.9. The number of fused-ring (bicyclic) bond motifs is 1. The van der Waals surface area contributed by atoms with Crippen molar-refractivity contribution >= 4 is 17.3 Å². The first kappa shape index (κ1) is 12.7. The number of rotatable bonds is 3. The molecule has 0 saturated heterocycles. The summed E-state index contributed by atoms with van der Waals surface area (Å²) in [5.41, 5.74) is 7.06. The van der Waals surface area contributed by atoms with Gasteiger partial charge < -0.3 is 15.6 Å². The van der Waals surface area contributed by atoms with Crippen molar-refractivity contribution in [2.24, 2.45) is 0 Å². The van der Waals surface area contributed by atoms with Gasteiger partial charge in [0.1, 0.15) is 5.82 Å². The molecule has 3 rings (SSSR count). The lowest BCUT2D eigenvalue weighted by atomic mass is 10.3. The van der Waals surface area contributed by atoms with Gasteiger partial charge in [0, 0.05) is 36.9 Å². The number of nitrogens with two attached hydrogens (primary N) is 1. The van der Waals surface area contributed by atoms with Gasteiger partial charge in [-0.25, -0.2) is 4.98 Å². The van der Waals surface area contributed by atoms with Crippen molar-refractivity contribution < 1.29 is 4.79 Å². The fraction of sp³-hybridized carbons (Fsp3) is 0.286. The Morgan fingerprint density at radius 2 is 2.10 bits per heavy atom. The molecule has 1 aromatic heterocycles. The highest BCUT2D eigenvalue weighted by Gasteiger charge is 2.18. The normalized spacial score (nSPS) is 14.8. The molecule has 1 aliphatic heterocycles. The second-order valence-electron chi connectivity index (χ2n) is 4.92. The van der Waals surface area contributed by atoms with E-state index in [1.165, 1.54) is 0 Å². The Bertz CT molecular complexity index is 604. The van der Waals surface area contributed by atoms with E-state index in [0.717, 1.165) is 24.6 Å². The maximum atomic E-state index is 12.0. The monoisotopic (exact) mass is 271 g/mol. The molecular formula is C14H17N5O. The summed E-state index contributed by atoms with van der Waals surface area (Å²) in [5, 5.41) is 2.87. The number of benzene rings is 1. The van der Waals surface area contributed by atoms with E-state index in [4.69, 9.17) is 5.73 Å². The third-order valence-electron chi connectivity index (χ3n) is 3.39. The van der Waals surface area contributed by atoms with Gasteiger partial charge in [-0.15, -0.1) is 0 Å². The third-order valence-corrected chi connectivity index (χ3v) is 3.39. The van der Waals surface area contributed by atoms with E-state index in [1.54, 1.807) is 30.5 Å². The molecule has 0 fully saturated rings. The number of aromatic nitrogens is 2. The van der Waals surface area contributed by atoms with E-state index in [2.05, 4.69) is 19.8 Å². The van der Waals surface area contributed by atoms with E-state index in [-0.39, 0.29) is 5.91 Å². The Balaban J connectivity index is 1.56. The van der Waals surface area contributed by atoms with Crippen LogP contribution in [0.5, 0.6) is 0 Å². The fourth-order valence-electron chi connectivity index (χ4n) is 2.33. The highest BCUT2D eigenvalue weighted by molar-refractivity contribution is 5.92. The van der Waals surface area contributed by atoms with Crippen LogP contribution in [-0.2, 0) is 17.9 Å².